The average molecular weight is 407 g/mol. The fraction of sp³-hybridized carbons (Fsp3) is 0.350. The first-order chi connectivity index (χ1) is 13.7. The second-order valence-corrected chi connectivity index (χ2v) is 6.50. The van der Waals surface area contributed by atoms with Gasteiger partial charge in [0.2, 0.25) is 0 Å². The summed E-state index contributed by atoms with van der Waals surface area (Å²) in [5.74, 6) is 7.06. The maximum atomic E-state index is 5.79. The summed E-state index contributed by atoms with van der Waals surface area (Å²) >= 11 is 0.993. The number of benzene rings is 2. The molecule has 0 amide bonds. The van der Waals surface area contributed by atoms with Crippen LogP contribution >= 0.6 is 12.0 Å². The number of rotatable bonds is 12. The van der Waals surface area contributed by atoms with Gasteiger partial charge in [0, 0.05) is 12.1 Å². The van der Waals surface area contributed by atoms with Crippen LogP contribution in [0.25, 0.3) is 0 Å². The Hall–Kier alpha value is -2.26. The summed E-state index contributed by atoms with van der Waals surface area (Å²) in [5.41, 5.74) is 2.08. The normalized spacial score (nSPS) is 11.4. The van der Waals surface area contributed by atoms with Crippen molar-refractivity contribution in [2.45, 2.75) is 25.2 Å². The molecule has 8 heteroatoms. The van der Waals surface area contributed by atoms with Crippen LogP contribution in [-0.2, 0) is 15.7 Å². The molecule has 0 saturated heterocycles. The summed E-state index contributed by atoms with van der Waals surface area (Å²) in [5, 5.41) is 0. The minimum absolute atomic E-state index is 0.479. The molecule has 2 aromatic carbocycles. The Bertz CT molecular complexity index is 770. The topological polar surface area (TPSA) is 84.5 Å². The summed E-state index contributed by atoms with van der Waals surface area (Å²) in [6.45, 7) is 5.58. The van der Waals surface area contributed by atoms with E-state index in [1.54, 1.807) is 7.11 Å². The smallest absolute Gasteiger partial charge is 0.161 e. The first-order valence-corrected chi connectivity index (χ1v) is 9.63. The number of nitrogens with two attached hydrogens (primary N) is 1. The van der Waals surface area contributed by atoms with Crippen LogP contribution < -0.4 is 20.1 Å². The van der Waals surface area contributed by atoms with Crippen molar-refractivity contribution in [2.24, 2.45) is 10.9 Å². The van der Waals surface area contributed by atoms with Crippen molar-refractivity contribution >= 4 is 17.8 Å². The van der Waals surface area contributed by atoms with E-state index in [9.17, 15) is 0 Å². The van der Waals surface area contributed by atoms with Gasteiger partial charge in [-0.25, -0.2) is 0 Å². The third-order valence-corrected chi connectivity index (χ3v) is 4.38. The van der Waals surface area contributed by atoms with Crippen LogP contribution in [-0.4, -0.2) is 32.6 Å². The Morgan fingerprint density at radius 2 is 1.82 bits per heavy atom. The van der Waals surface area contributed by atoms with Gasteiger partial charge in [0.15, 0.2) is 11.5 Å². The van der Waals surface area contributed by atoms with Crippen LogP contribution in [0.1, 0.15) is 19.4 Å². The van der Waals surface area contributed by atoms with Crippen molar-refractivity contribution < 1.29 is 23.5 Å². The molecule has 0 heterocycles. The van der Waals surface area contributed by atoms with Crippen molar-refractivity contribution in [1.29, 1.82) is 0 Å². The van der Waals surface area contributed by atoms with E-state index in [0.29, 0.717) is 31.9 Å². The number of nitrogens with zero attached hydrogens (tertiary/aromatic N) is 1. The van der Waals surface area contributed by atoms with Gasteiger partial charge in [-0.2, -0.15) is 5.90 Å². The van der Waals surface area contributed by atoms with Crippen LogP contribution in [0.5, 0.6) is 17.2 Å². The zero-order valence-corrected chi connectivity index (χ0v) is 17.2. The van der Waals surface area contributed by atoms with E-state index in [1.165, 1.54) is 0 Å². The van der Waals surface area contributed by atoms with Crippen LogP contribution in [0.15, 0.2) is 52.4 Å². The van der Waals surface area contributed by atoms with Gasteiger partial charge in [-0.15, -0.1) is 9.32 Å². The van der Waals surface area contributed by atoms with Gasteiger partial charge in [0.05, 0.1) is 37.2 Å². The molecular formula is C20H26N2O5S. The van der Waals surface area contributed by atoms with E-state index in [2.05, 4.69) is 9.98 Å². The Morgan fingerprint density at radius 1 is 1.07 bits per heavy atom. The van der Waals surface area contributed by atoms with Crippen LogP contribution in [0, 0.1) is 0 Å². The number of methoxy groups -OCH3 is 1. The van der Waals surface area contributed by atoms with Gasteiger partial charge in [0.25, 0.3) is 0 Å². The van der Waals surface area contributed by atoms with Crippen molar-refractivity contribution in [3.05, 3.63) is 48.0 Å². The molecule has 2 N–H and O–H groups in total. The van der Waals surface area contributed by atoms with E-state index in [0.717, 1.165) is 39.7 Å². The SMILES string of the molecule is CCOc1ccccc1OCCN=C(C)Cc1ccc(OC)c(SOON)c1. The van der Waals surface area contributed by atoms with Gasteiger partial charge < -0.3 is 14.2 Å². The average Bonchev–Trinajstić information content (AvgIpc) is 2.71. The lowest BCUT2D eigenvalue weighted by Gasteiger charge is -2.11. The van der Waals surface area contributed by atoms with Crippen molar-refractivity contribution in [2.75, 3.05) is 26.9 Å². The second-order valence-electron chi connectivity index (χ2n) is 5.75. The molecule has 2 rings (SSSR count). The fourth-order valence-corrected chi connectivity index (χ4v) is 3.09. The second kappa shape index (κ2) is 12.2. The molecule has 0 aliphatic rings. The Kier molecular flexibility index (Phi) is 9.64. The van der Waals surface area contributed by atoms with Crippen LogP contribution in [0.4, 0.5) is 0 Å². The van der Waals surface area contributed by atoms with Gasteiger partial charge in [0.1, 0.15) is 12.4 Å². The molecule has 0 aliphatic heterocycles. The van der Waals surface area contributed by atoms with Gasteiger partial charge in [-0.05, 0) is 43.7 Å². The number of ether oxygens (including phenoxy) is 3. The number of hydrogen-bond donors (Lipinski definition) is 1. The number of hydrogen-bond acceptors (Lipinski definition) is 8. The highest BCUT2D eigenvalue weighted by Crippen LogP contribution is 2.31. The maximum absolute atomic E-state index is 5.79. The van der Waals surface area contributed by atoms with Crippen LogP contribution in [0.3, 0.4) is 0 Å². The quantitative estimate of drug-likeness (QED) is 0.187. The van der Waals surface area contributed by atoms with E-state index in [4.69, 9.17) is 24.4 Å². The standard InChI is InChI=1S/C20H26N2O5S/c1-4-24-17-7-5-6-8-18(17)25-12-11-22-15(2)13-16-9-10-19(23-3)20(14-16)28-27-26-21/h5-10,14H,4,11-13,21H2,1-3H3. The summed E-state index contributed by atoms with van der Waals surface area (Å²) < 4.78 is 21.4. The largest absolute Gasteiger partial charge is 0.495 e. The molecule has 0 bridgehead atoms. The molecular weight excluding hydrogens is 380 g/mol. The zero-order chi connectivity index (χ0) is 20.2. The fourth-order valence-electron chi connectivity index (χ4n) is 2.54. The van der Waals surface area contributed by atoms with Crippen molar-refractivity contribution in [3.63, 3.8) is 0 Å². The van der Waals surface area contributed by atoms with Crippen molar-refractivity contribution in [1.82, 2.24) is 0 Å². The number of para-hydroxylation sites is 2. The molecule has 7 nitrogen and oxygen atoms in total. The first-order valence-electron chi connectivity index (χ1n) is 8.89. The molecule has 2 aromatic rings. The summed E-state index contributed by atoms with van der Waals surface area (Å²) in [4.78, 5) is 9.51. The lowest BCUT2D eigenvalue weighted by Crippen LogP contribution is -2.06. The van der Waals surface area contributed by atoms with E-state index >= 15 is 0 Å². The molecule has 0 fully saturated rings. The highest BCUT2D eigenvalue weighted by Gasteiger charge is 2.08. The first kappa shape index (κ1) is 22.0. The molecule has 0 aromatic heterocycles. The lowest BCUT2D eigenvalue weighted by molar-refractivity contribution is -0.195. The molecule has 0 radical (unpaired) electrons. The summed E-state index contributed by atoms with van der Waals surface area (Å²) in [6, 6.07) is 13.4. The van der Waals surface area contributed by atoms with Gasteiger partial charge in [-0.3, -0.25) is 4.99 Å². The molecule has 28 heavy (non-hydrogen) atoms. The minimum Gasteiger partial charge on any atom is -0.495 e. The summed E-state index contributed by atoms with van der Waals surface area (Å²) in [7, 11) is 1.60. The predicted octanol–water partition coefficient (Wildman–Crippen LogP) is 4.01. The number of aliphatic imine (C=N–C) groups is 1. The molecule has 152 valence electrons. The third kappa shape index (κ3) is 7.05. The van der Waals surface area contributed by atoms with E-state index in [1.807, 2.05) is 56.3 Å². The molecule has 0 saturated carbocycles. The molecule has 0 atom stereocenters. The molecule has 0 unspecified atom stereocenters. The minimum atomic E-state index is 0.479. The zero-order valence-electron chi connectivity index (χ0n) is 16.3. The highest BCUT2D eigenvalue weighted by atomic mass is 32.2. The Morgan fingerprint density at radius 3 is 2.50 bits per heavy atom. The molecule has 0 aliphatic carbocycles. The predicted molar refractivity (Wildman–Crippen MR) is 110 cm³/mol. The lowest BCUT2D eigenvalue weighted by atomic mass is 10.1. The summed E-state index contributed by atoms with van der Waals surface area (Å²) in [6.07, 6.45) is 0.705. The monoisotopic (exact) mass is 406 g/mol. The van der Waals surface area contributed by atoms with E-state index < -0.39 is 0 Å². The Balaban J connectivity index is 1.89. The van der Waals surface area contributed by atoms with Gasteiger partial charge in [-0.1, -0.05) is 18.2 Å². The molecule has 0 spiro atoms. The maximum Gasteiger partial charge on any atom is 0.161 e. The van der Waals surface area contributed by atoms with Gasteiger partial charge >= 0.3 is 0 Å². The third-order valence-electron chi connectivity index (χ3n) is 3.73. The van der Waals surface area contributed by atoms with Crippen LogP contribution in [0.2, 0.25) is 0 Å². The highest BCUT2D eigenvalue weighted by molar-refractivity contribution is 7.94. The van der Waals surface area contributed by atoms with Crippen molar-refractivity contribution in [3.8, 4) is 17.2 Å². The Labute approximate surface area is 169 Å². The van der Waals surface area contributed by atoms with E-state index in [-0.39, 0.29) is 0 Å².